The van der Waals surface area contributed by atoms with E-state index in [0.29, 0.717) is 0 Å². The van der Waals surface area contributed by atoms with Crippen LogP contribution in [0.3, 0.4) is 0 Å². The largest absolute Gasteiger partial charge is 0.422 e. The van der Waals surface area contributed by atoms with Gasteiger partial charge in [0.25, 0.3) is 0 Å². The Hall–Kier alpha value is -2.09. The standard InChI is InChI=1S/C15H16F3N3O2/c1-8-5-3-4-6-9(8)12-11-13(21(2)20-12)19-10(22)7-14(11,23)15(16,17)18/h3-6,8-9,23H,7H2,1-2H3,(H,19,22). The Balaban J connectivity index is 2.23. The quantitative estimate of drug-likeness (QED) is 0.832. The minimum Gasteiger partial charge on any atom is -0.376 e. The van der Waals surface area contributed by atoms with Crippen molar-refractivity contribution in [2.45, 2.75) is 31.0 Å². The zero-order valence-corrected chi connectivity index (χ0v) is 12.6. The van der Waals surface area contributed by atoms with E-state index < -0.39 is 30.0 Å². The second kappa shape index (κ2) is 4.95. The predicted molar refractivity (Wildman–Crippen MR) is 76.6 cm³/mol. The Kier molecular flexibility index (Phi) is 3.40. The highest BCUT2D eigenvalue weighted by molar-refractivity contribution is 5.94. The van der Waals surface area contributed by atoms with Crippen molar-refractivity contribution in [3.8, 4) is 0 Å². The molecule has 2 heterocycles. The van der Waals surface area contributed by atoms with E-state index in [1.165, 1.54) is 11.7 Å². The number of carbonyl (C=O) groups is 1. The van der Waals surface area contributed by atoms with Gasteiger partial charge in [-0.25, -0.2) is 0 Å². The van der Waals surface area contributed by atoms with Crippen molar-refractivity contribution in [3.63, 3.8) is 0 Å². The summed E-state index contributed by atoms with van der Waals surface area (Å²) < 4.78 is 41.8. The third-order valence-corrected chi connectivity index (χ3v) is 4.36. The van der Waals surface area contributed by atoms with Gasteiger partial charge < -0.3 is 10.4 Å². The minimum atomic E-state index is -4.98. The van der Waals surface area contributed by atoms with Gasteiger partial charge in [0.15, 0.2) is 5.60 Å². The number of anilines is 1. The monoisotopic (exact) mass is 327 g/mol. The number of hydrogen-bond donors (Lipinski definition) is 2. The maximum absolute atomic E-state index is 13.5. The van der Waals surface area contributed by atoms with Crippen molar-refractivity contribution in [3.05, 3.63) is 35.6 Å². The number of alkyl halides is 3. The summed E-state index contributed by atoms with van der Waals surface area (Å²) >= 11 is 0. The number of nitrogens with one attached hydrogen (secondary N) is 1. The molecule has 23 heavy (non-hydrogen) atoms. The highest BCUT2D eigenvalue weighted by Gasteiger charge is 2.61. The fourth-order valence-electron chi connectivity index (χ4n) is 3.13. The highest BCUT2D eigenvalue weighted by atomic mass is 19.4. The molecule has 0 bridgehead atoms. The molecular formula is C15H16F3N3O2. The van der Waals surface area contributed by atoms with Crippen LogP contribution in [-0.2, 0) is 17.4 Å². The van der Waals surface area contributed by atoms with Crippen LogP contribution in [-0.4, -0.2) is 27.0 Å². The van der Waals surface area contributed by atoms with E-state index >= 15 is 0 Å². The average Bonchev–Trinajstić information content (AvgIpc) is 2.76. The second-order valence-corrected chi connectivity index (χ2v) is 5.97. The van der Waals surface area contributed by atoms with Gasteiger partial charge in [-0.1, -0.05) is 31.2 Å². The third-order valence-electron chi connectivity index (χ3n) is 4.36. The number of rotatable bonds is 1. The summed E-state index contributed by atoms with van der Waals surface area (Å²) in [6, 6.07) is 0. The average molecular weight is 327 g/mol. The van der Waals surface area contributed by atoms with E-state index in [-0.39, 0.29) is 23.0 Å². The first kappa shape index (κ1) is 15.8. The van der Waals surface area contributed by atoms with Crippen LogP contribution >= 0.6 is 0 Å². The molecule has 3 rings (SSSR count). The molecule has 0 saturated carbocycles. The summed E-state index contributed by atoms with van der Waals surface area (Å²) in [6.07, 6.45) is 1.12. The molecule has 1 amide bonds. The number of carbonyl (C=O) groups excluding carboxylic acids is 1. The van der Waals surface area contributed by atoms with Gasteiger partial charge >= 0.3 is 6.18 Å². The molecule has 0 aromatic carbocycles. The molecule has 124 valence electrons. The lowest BCUT2D eigenvalue weighted by molar-refractivity contribution is -0.267. The molecule has 2 aliphatic rings. The number of aromatic nitrogens is 2. The number of halogens is 3. The zero-order chi connectivity index (χ0) is 17.0. The lowest BCUT2D eigenvalue weighted by atomic mass is 9.79. The van der Waals surface area contributed by atoms with Crippen LogP contribution in [0.5, 0.6) is 0 Å². The molecule has 3 unspecified atom stereocenters. The molecule has 1 aliphatic carbocycles. The molecule has 0 saturated heterocycles. The first-order valence-corrected chi connectivity index (χ1v) is 7.16. The molecule has 8 heteroatoms. The molecule has 1 aromatic heterocycles. The Morgan fingerprint density at radius 1 is 1.39 bits per heavy atom. The molecule has 1 aromatic rings. The lowest BCUT2D eigenvalue weighted by Crippen LogP contribution is -2.49. The van der Waals surface area contributed by atoms with Crippen LogP contribution in [0.4, 0.5) is 19.0 Å². The second-order valence-electron chi connectivity index (χ2n) is 5.97. The summed E-state index contributed by atoms with van der Waals surface area (Å²) in [7, 11) is 1.44. The number of allylic oxidation sites excluding steroid dienone is 4. The Labute approximate surface area is 130 Å². The van der Waals surface area contributed by atoms with Gasteiger partial charge in [0, 0.05) is 13.0 Å². The van der Waals surface area contributed by atoms with Crippen molar-refractivity contribution in [2.24, 2.45) is 13.0 Å². The van der Waals surface area contributed by atoms with Gasteiger partial charge in [-0.15, -0.1) is 0 Å². The van der Waals surface area contributed by atoms with Gasteiger partial charge in [-0.2, -0.15) is 18.3 Å². The SMILES string of the molecule is CC1C=CC=CC1c1nn(C)c2c1C(O)(C(F)(F)F)CC(=O)N2. The molecule has 0 radical (unpaired) electrons. The molecule has 0 fully saturated rings. The normalized spacial score (nSPS) is 30.3. The smallest absolute Gasteiger partial charge is 0.376 e. The van der Waals surface area contributed by atoms with Crippen molar-refractivity contribution < 1.29 is 23.1 Å². The fourth-order valence-corrected chi connectivity index (χ4v) is 3.13. The van der Waals surface area contributed by atoms with Crippen LogP contribution in [0.1, 0.15) is 30.5 Å². The molecule has 0 spiro atoms. The summed E-state index contributed by atoms with van der Waals surface area (Å²) in [5, 5.41) is 16.9. The van der Waals surface area contributed by atoms with Crippen LogP contribution in [0.15, 0.2) is 24.3 Å². The van der Waals surface area contributed by atoms with E-state index in [0.717, 1.165) is 0 Å². The Bertz CT molecular complexity index is 720. The summed E-state index contributed by atoms with van der Waals surface area (Å²) in [5.41, 5.74) is -3.46. The van der Waals surface area contributed by atoms with E-state index in [9.17, 15) is 23.1 Å². The summed E-state index contributed by atoms with van der Waals surface area (Å²) in [4.78, 5) is 11.7. The molecular weight excluding hydrogens is 311 g/mol. The Morgan fingerprint density at radius 3 is 2.65 bits per heavy atom. The number of nitrogens with zero attached hydrogens (tertiary/aromatic N) is 2. The van der Waals surface area contributed by atoms with E-state index in [1.54, 1.807) is 12.2 Å². The summed E-state index contributed by atoms with van der Waals surface area (Å²) in [5.74, 6) is -1.47. The number of aliphatic hydroxyl groups is 1. The van der Waals surface area contributed by atoms with Crippen LogP contribution in [0, 0.1) is 5.92 Å². The summed E-state index contributed by atoms with van der Waals surface area (Å²) in [6.45, 7) is 1.86. The van der Waals surface area contributed by atoms with Gasteiger partial charge in [0.05, 0.1) is 17.7 Å². The van der Waals surface area contributed by atoms with Crippen LogP contribution in [0.25, 0.3) is 0 Å². The van der Waals surface area contributed by atoms with E-state index in [2.05, 4.69) is 10.4 Å². The molecule has 2 N–H and O–H groups in total. The molecule has 1 aliphatic heterocycles. The van der Waals surface area contributed by atoms with Gasteiger partial charge in [0.1, 0.15) is 5.82 Å². The van der Waals surface area contributed by atoms with Crippen molar-refractivity contribution in [1.82, 2.24) is 9.78 Å². The van der Waals surface area contributed by atoms with Crippen LogP contribution in [0.2, 0.25) is 0 Å². The maximum Gasteiger partial charge on any atom is 0.422 e. The Morgan fingerprint density at radius 2 is 2.04 bits per heavy atom. The van der Waals surface area contributed by atoms with E-state index in [1.807, 2.05) is 19.1 Å². The molecule has 3 atom stereocenters. The lowest BCUT2D eigenvalue weighted by Gasteiger charge is -2.35. The minimum absolute atomic E-state index is 0.0749. The number of fused-ring (bicyclic) bond motifs is 1. The van der Waals surface area contributed by atoms with Crippen molar-refractivity contribution in [1.29, 1.82) is 0 Å². The van der Waals surface area contributed by atoms with E-state index in [4.69, 9.17) is 0 Å². The predicted octanol–water partition coefficient (Wildman–Crippen LogP) is 2.36. The fraction of sp³-hybridized carbons (Fsp3) is 0.467. The van der Waals surface area contributed by atoms with Crippen LogP contribution < -0.4 is 5.32 Å². The van der Waals surface area contributed by atoms with Gasteiger partial charge in [-0.3, -0.25) is 9.48 Å². The maximum atomic E-state index is 13.5. The number of hydrogen-bond acceptors (Lipinski definition) is 3. The number of amides is 1. The third kappa shape index (κ3) is 2.28. The van der Waals surface area contributed by atoms with Crippen molar-refractivity contribution in [2.75, 3.05) is 5.32 Å². The molecule has 5 nitrogen and oxygen atoms in total. The zero-order valence-electron chi connectivity index (χ0n) is 12.6. The number of aryl methyl sites for hydroxylation is 1. The van der Waals surface area contributed by atoms with Gasteiger partial charge in [-0.05, 0) is 5.92 Å². The highest BCUT2D eigenvalue weighted by Crippen LogP contribution is 2.50. The first-order chi connectivity index (χ1) is 10.6. The van der Waals surface area contributed by atoms with Crippen molar-refractivity contribution >= 4 is 11.7 Å². The topological polar surface area (TPSA) is 67.1 Å². The van der Waals surface area contributed by atoms with Gasteiger partial charge in [0.2, 0.25) is 5.91 Å². The first-order valence-electron chi connectivity index (χ1n) is 7.16.